The number of hydrogen-bond donors (Lipinski definition) is 2. The van der Waals surface area contributed by atoms with E-state index in [4.69, 9.17) is 27.4 Å². The van der Waals surface area contributed by atoms with Crippen LogP contribution >= 0.6 is 12.2 Å². The van der Waals surface area contributed by atoms with Gasteiger partial charge in [0.1, 0.15) is 29.7 Å². The molecule has 1 atom stereocenters. The predicted octanol–water partition coefficient (Wildman–Crippen LogP) is 1.55. The summed E-state index contributed by atoms with van der Waals surface area (Å²) in [6.45, 7) is 6.79. The second-order valence-electron chi connectivity index (χ2n) is 8.95. The number of methoxy groups -OCH3 is 1. The number of thiocarbonyl (C=S) groups is 1. The summed E-state index contributed by atoms with van der Waals surface area (Å²) in [6, 6.07) is 4.02. The Bertz CT molecular complexity index is 1080. The van der Waals surface area contributed by atoms with Crippen LogP contribution in [-0.4, -0.2) is 82.4 Å². The van der Waals surface area contributed by atoms with E-state index in [1.165, 1.54) is 17.9 Å². The highest BCUT2D eigenvalue weighted by atomic mass is 32.1. The highest BCUT2D eigenvalue weighted by Crippen LogP contribution is 2.24. The maximum absolute atomic E-state index is 15.0. The lowest BCUT2D eigenvalue weighted by molar-refractivity contribution is -0.130. The fourth-order valence-electron chi connectivity index (χ4n) is 3.46. The molecule has 0 radical (unpaired) electrons. The number of nitrogens with one attached hydrogen (secondary N) is 1. The molecule has 2 heterocycles. The average Bonchev–Trinajstić information content (AvgIpc) is 3.31. The quantitative estimate of drug-likeness (QED) is 0.560. The van der Waals surface area contributed by atoms with Crippen molar-refractivity contribution in [3.8, 4) is 5.69 Å². The molecule has 35 heavy (non-hydrogen) atoms. The van der Waals surface area contributed by atoms with Crippen molar-refractivity contribution >= 4 is 35.0 Å². The summed E-state index contributed by atoms with van der Waals surface area (Å²) in [5.41, 5.74) is 6.63. The van der Waals surface area contributed by atoms with Crippen molar-refractivity contribution in [3.63, 3.8) is 0 Å². The molecule has 2 amide bonds. The smallest absolute Gasteiger partial charge is 0.408 e. The molecule has 13 heteroatoms. The third-order valence-electron chi connectivity index (χ3n) is 5.24. The van der Waals surface area contributed by atoms with Gasteiger partial charge in [-0.25, -0.2) is 13.9 Å². The Hall–Kier alpha value is -3.32. The van der Waals surface area contributed by atoms with Crippen LogP contribution in [0.3, 0.4) is 0 Å². The van der Waals surface area contributed by atoms with Crippen LogP contribution in [0, 0.1) is 5.82 Å². The molecule has 1 aromatic heterocycles. The van der Waals surface area contributed by atoms with Gasteiger partial charge in [-0.3, -0.25) is 4.79 Å². The van der Waals surface area contributed by atoms with Crippen LogP contribution < -0.4 is 16.0 Å². The SMILES string of the molecule is COC(=S)C(N)c1cn(-c2ccc(N3CCN(C(=O)CNC(=O)OC(C)(C)C)CC3)c(F)c2)nn1. The average molecular weight is 508 g/mol. The molecule has 11 nitrogen and oxygen atoms in total. The number of nitrogens with two attached hydrogens (primary N) is 1. The van der Waals surface area contributed by atoms with E-state index in [1.54, 1.807) is 44.0 Å². The van der Waals surface area contributed by atoms with Crippen molar-refractivity contribution in [1.29, 1.82) is 0 Å². The first kappa shape index (κ1) is 26.3. The molecule has 1 aromatic carbocycles. The number of aromatic nitrogens is 3. The largest absolute Gasteiger partial charge is 0.488 e. The highest BCUT2D eigenvalue weighted by Gasteiger charge is 2.24. The number of nitrogens with zero attached hydrogens (tertiary/aromatic N) is 5. The minimum absolute atomic E-state index is 0.156. The molecule has 3 N–H and O–H groups in total. The number of alkyl carbamates (subject to hydrolysis) is 1. The van der Waals surface area contributed by atoms with Crippen LogP contribution in [0.1, 0.15) is 32.5 Å². The van der Waals surface area contributed by atoms with Crippen molar-refractivity contribution < 1.29 is 23.5 Å². The molecule has 1 unspecified atom stereocenters. The third-order valence-corrected chi connectivity index (χ3v) is 5.66. The normalized spacial score (nSPS) is 14.9. The van der Waals surface area contributed by atoms with Crippen LogP contribution in [0.2, 0.25) is 0 Å². The Labute approximate surface area is 208 Å². The Morgan fingerprint density at radius 2 is 1.94 bits per heavy atom. The minimum Gasteiger partial charge on any atom is -0.488 e. The van der Waals surface area contributed by atoms with E-state index in [1.807, 2.05) is 4.90 Å². The second-order valence-corrected chi connectivity index (χ2v) is 9.35. The highest BCUT2D eigenvalue weighted by molar-refractivity contribution is 7.80. The third kappa shape index (κ3) is 6.85. The number of rotatable bonds is 6. The van der Waals surface area contributed by atoms with Crippen molar-refractivity contribution in [1.82, 2.24) is 25.2 Å². The maximum Gasteiger partial charge on any atom is 0.408 e. The number of amides is 2. The zero-order valence-electron chi connectivity index (χ0n) is 20.2. The zero-order valence-corrected chi connectivity index (χ0v) is 21.0. The van der Waals surface area contributed by atoms with Crippen LogP contribution in [0.25, 0.3) is 5.69 Å². The molecular formula is C22H30FN7O4S. The predicted molar refractivity (Wildman–Crippen MR) is 131 cm³/mol. The number of carbonyl (C=O) groups excluding carboxylic acids is 2. The van der Waals surface area contributed by atoms with Crippen LogP contribution in [0.15, 0.2) is 24.4 Å². The van der Waals surface area contributed by atoms with E-state index in [2.05, 4.69) is 15.6 Å². The van der Waals surface area contributed by atoms with Gasteiger partial charge in [-0.1, -0.05) is 5.21 Å². The summed E-state index contributed by atoms with van der Waals surface area (Å²) >= 11 is 5.03. The van der Waals surface area contributed by atoms with E-state index < -0.39 is 23.6 Å². The van der Waals surface area contributed by atoms with E-state index >= 15 is 0 Å². The first-order valence-electron chi connectivity index (χ1n) is 11.0. The minimum atomic E-state index is -0.716. The molecule has 1 saturated heterocycles. The Balaban J connectivity index is 1.56. The van der Waals surface area contributed by atoms with Gasteiger partial charge in [-0.2, -0.15) is 0 Å². The number of hydrogen-bond acceptors (Lipinski definition) is 9. The fraction of sp³-hybridized carbons (Fsp3) is 0.500. The molecule has 1 fully saturated rings. The summed E-state index contributed by atoms with van der Waals surface area (Å²) in [5, 5.41) is 10.6. The molecule has 0 saturated carbocycles. The van der Waals surface area contributed by atoms with Crippen LogP contribution in [0.4, 0.5) is 14.9 Å². The van der Waals surface area contributed by atoms with Crippen LogP contribution in [0.5, 0.6) is 0 Å². The van der Waals surface area contributed by atoms with Gasteiger partial charge in [-0.05, 0) is 45.1 Å². The molecular weight excluding hydrogens is 477 g/mol. The number of carbonyl (C=O) groups is 2. The van der Waals surface area contributed by atoms with E-state index in [-0.39, 0.29) is 17.5 Å². The van der Waals surface area contributed by atoms with Crippen molar-refractivity contribution in [3.05, 3.63) is 35.9 Å². The van der Waals surface area contributed by atoms with Crippen molar-refractivity contribution in [2.75, 3.05) is 44.7 Å². The summed E-state index contributed by atoms with van der Waals surface area (Å²) in [4.78, 5) is 27.7. The van der Waals surface area contributed by atoms with Crippen molar-refractivity contribution in [2.24, 2.45) is 5.73 Å². The zero-order chi connectivity index (χ0) is 25.8. The molecule has 0 spiro atoms. The fourth-order valence-corrected chi connectivity index (χ4v) is 3.58. The lowest BCUT2D eigenvalue weighted by Crippen LogP contribution is -2.51. The van der Waals surface area contributed by atoms with Gasteiger partial charge in [0.25, 0.3) is 0 Å². The number of anilines is 1. The first-order valence-corrected chi connectivity index (χ1v) is 11.4. The maximum atomic E-state index is 15.0. The molecule has 1 aliphatic rings. The molecule has 2 aromatic rings. The lowest BCUT2D eigenvalue weighted by Gasteiger charge is -2.36. The summed E-state index contributed by atoms with van der Waals surface area (Å²) in [7, 11) is 1.43. The summed E-state index contributed by atoms with van der Waals surface area (Å²) in [5.74, 6) is -0.651. The van der Waals surface area contributed by atoms with Crippen LogP contribution in [-0.2, 0) is 14.3 Å². The summed E-state index contributed by atoms with van der Waals surface area (Å²) in [6.07, 6.45) is 0.926. The second kappa shape index (κ2) is 11.0. The Kier molecular flexibility index (Phi) is 8.22. The number of piperazine rings is 1. The summed E-state index contributed by atoms with van der Waals surface area (Å²) < 4.78 is 26.5. The van der Waals surface area contributed by atoms with Gasteiger partial charge < -0.3 is 30.3 Å². The Morgan fingerprint density at radius 1 is 1.26 bits per heavy atom. The topological polar surface area (TPSA) is 128 Å². The Morgan fingerprint density at radius 3 is 2.54 bits per heavy atom. The van der Waals surface area contributed by atoms with Gasteiger partial charge in [0.05, 0.1) is 24.7 Å². The van der Waals surface area contributed by atoms with Gasteiger partial charge >= 0.3 is 6.09 Å². The van der Waals surface area contributed by atoms with Crippen molar-refractivity contribution in [2.45, 2.75) is 32.4 Å². The van der Waals surface area contributed by atoms with E-state index in [9.17, 15) is 14.0 Å². The first-order chi connectivity index (χ1) is 16.5. The van der Waals surface area contributed by atoms with Gasteiger partial charge in [0.15, 0.2) is 5.05 Å². The van der Waals surface area contributed by atoms with Gasteiger partial charge in [0, 0.05) is 32.2 Å². The van der Waals surface area contributed by atoms with E-state index in [0.717, 1.165) is 0 Å². The van der Waals surface area contributed by atoms with Gasteiger partial charge in [0.2, 0.25) is 5.91 Å². The number of ether oxygens (including phenoxy) is 2. The molecule has 0 aliphatic carbocycles. The molecule has 190 valence electrons. The molecule has 3 rings (SSSR count). The van der Waals surface area contributed by atoms with Gasteiger partial charge in [-0.15, -0.1) is 5.10 Å². The van der Waals surface area contributed by atoms with E-state index in [0.29, 0.717) is 43.2 Å². The standard InChI is InChI=1S/C22H30FN7O4S/c1-22(2,3)34-21(32)25-12-18(31)29-9-7-28(8-10-29)17-6-5-14(11-15(17)23)30-13-16(26-27-30)19(24)20(35)33-4/h5-6,11,13,19H,7-10,12,24H2,1-4H3,(H,25,32). The monoisotopic (exact) mass is 507 g/mol. The lowest BCUT2D eigenvalue weighted by atomic mass is 10.2. The molecule has 1 aliphatic heterocycles. The number of benzene rings is 1. The number of halogens is 1. The molecule has 0 bridgehead atoms.